The van der Waals surface area contributed by atoms with Crippen LogP contribution in [0.2, 0.25) is 0 Å². The number of hydrogen-bond donors (Lipinski definition) is 2. The number of fused-ring (bicyclic) bond motifs is 2. The lowest BCUT2D eigenvalue weighted by molar-refractivity contribution is -0.127. The van der Waals surface area contributed by atoms with E-state index >= 15 is 0 Å². The van der Waals surface area contributed by atoms with Gasteiger partial charge >= 0.3 is 0 Å². The molecule has 4 unspecified atom stereocenters. The van der Waals surface area contributed by atoms with Gasteiger partial charge < -0.3 is 16.0 Å². The molecule has 1 aliphatic heterocycles. The molecule has 23 heavy (non-hydrogen) atoms. The second kappa shape index (κ2) is 6.40. The van der Waals surface area contributed by atoms with Crippen molar-refractivity contribution in [3.63, 3.8) is 0 Å². The predicted molar refractivity (Wildman–Crippen MR) is 92.6 cm³/mol. The predicted octanol–water partition coefficient (Wildman–Crippen LogP) is 1.78. The van der Waals surface area contributed by atoms with Crippen LogP contribution in [0, 0.1) is 17.8 Å². The number of nitrogens with zero attached hydrogens (tertiary/aromatic N) is 2. The zero-order chi connectivity index (χ0) is 15.8. The summed E-state index contributed by atoms with van der Waals surface area (Å²) in [5.74, 6) is 1.32. The molecule has 3 fully saturated rings. The molecule has 5 nitrogen and oxygen atoms in total. The Morgan fingerprint density at radius 1 is 1.35 bits per heavy atom. The topological polar surface area (TPSA) is 71.2 Å². The van der Waals surface area contributed by atoms with Gasteiger partial charge in [-0.2, -0.15) is 0 Å². The van der Waals surface area contributed by atoms with E-state index in [0.29, 0.717) is 18.4 Å². The second-order valence-electron chi connectivity index (χ2n) is 7.29. The molecular weight excluding hydrogens is 308 g/mol. The molecule has 3 N–H and O–H groups in total. The molecule has 1 aromatic rings. The van der Waals surface area contributed by atoms with Crippen molar-refractivity contribution >= 4 is 22.4 Å². The van der Waals surface area contributed by atoms with Gasteiger partial charge in [-0.15, -0.1) is 11.3 Å². The Kier molecular flexibility index (Phi) is 4.28. The fourth-order valence-corrected chi connectivity index (χ4v) is 5.53. The van der Waals surface area contributed by atoms with Crippen LogP contribution in [0.15, 0.2) is 5.38 Å². The van der Waals surface area contributed by atoms with Gasteiger partial charge in [-0.05, 0) is 43.9 Å². The highest BCUT2D eigenvalue weighted by Gasteiger charge is 2.48. The Balaban J connectivity index is 1.26. The van der Waals surface area contributed by atoms with Gasteiger partial charge in [-0.25, -0.2) is 4.98 Å². The average molecular weight is 334 g/mol. The number of hydrogen-bond acceptors (Lipinski definition) is 5. The van der Waals surface area contributed by atoms with Gasteiger partial charge in [0.15, 0.2) is 5.13 Å². The van der Waals surface area contributed by atoms with Crippen molar-refractivity contribution in [1.82, 2.24) is 10.3 Å². The molecule has 3 aliphatic rings. The number of anilines is 1. The first-order chi connectivity index (χ1) is 11.2. The maximum absolute atomic E-state index is 12.4. The number of amides is 1. The van der Waals surface area contributed by atoms with Crippen molar-refractivity contribution in [3.8, 4) is 0 Å². The highest BCUT2D eigenvalue weighted by atomic mass is 32.1. The number of rotatable bonds is 5. The number of nitrogens with two attached hydrogens (primary N) is 1. The standard InChI is InChI=1S/C17H26N4OS/c18-15-12-4-3-11(9-12)14(15)16(22)19-6-5-13-10-23-17(20-13)21-7-1-2-8-21/h10-12,14-15H,1-9,18H2,(H,19,22). The third kappa shape index (κ3) is 2.98. The maximum Gasteiger partial charge on any atom is 0.224 e. The Hall–Kier alpha value is -1.14. The van der Waals surface area contributed by atoms with Crippen LogP contribution in [0.25, 0.3) is 0 Å². The van der Waals surface area contributed by atoms with Crippen LogP contribution in [0.4, 0.5) is 5.13 Å². The lowest BCUT2D eigenvalue weighted by Crippen LogP contribution is -2.45. The Morgan fingerprint density at radius 2 is 2.13 bits per heavy atom. The number of thiazole rings is 1. The monoisotopic (exact) mass is 334 g/mol. The molecule has 6 heteroatoms. The van der Waals surface area contributed by atoms with Gasteiger partial charge in [-0.1, -0.05) is 0 Å². The van der Waals surface area contributed by atoms with Crippen molar-refractivity contribution in [2.24, 2.45) is 23.5 Å². The molecule has 4 atom stereocenters. The molecule has 0 radical (unpaired) electrons. The number of carbonyl (C=O) groups excluding carboxylic acids is 1. The van der Waals surface area contributed by atoms with Gasteiger partial charge in [0.1, 0.15) is 0 Å². The van der Waals surface area contributed by atoms with Crippen molar-refractivity contribution in [3.05, 3.63) is 11.1 Å². The summed E-state index contributed by atoms with van der Waals surface area (Å²) in [6.07, 6.45) is 6.91. The van der Waals surface area contributed by atoms with Crippen molar-refractivity contribution in [1.29, 1.82) is 0 Å². The van der Waals surface area contributed by atoms with Gasteiger partial charge in [0, 0.05) is 37.5 Å². The van der Waals surface area contributed by atoms with Crippen LogP contribution in [0.3, 0.4) is 0 Å². The lowest BCUT2D eigenvalue weighted by Gasteiger charge is -2.26. The fourth-order valence-electron chi connectivity index (χ4n) is 4.62. The molecule has 0 aromatic carbocycles. The SMILES string of the molecule is NC1C2CCC(C2)C1C(=O)NCCc1csc(N2CCCC2)n1. The summed E-state index contributed by atoms with van der Waals surface area (Å²) in [5, 5.41) is 6.37. The van der Waals surface area contributed by atoms with Gasteiger partial charge in [-0.3, -0.25) is 4.79 Å². The van der Waals surface area contributed by atoms with Gasteiger partial charge in [0.2, 0.25) is 5.91 Å². The van der Waals surface area contributed by atoms with E-state index in [-0.39, 0.29) is 17.9 Å². The third-order valence-corrected chi connectivity index (χ3v) is 6.83. The van der Waals surface area contributed by atoms with Gasteiger partial charge in [0.25, 0.3) is 0 Å². The first-order valence-electron chi connectivity index (χ1n) is 8.95. The molecule has 0 spiro atoms. The third-order valence-electron chi connectivity index (χ3n) is 5.88. The zero-order valence-corrected chi connectivity index (χ0v) is 14.4. The molecule has 126 valence electrons. The molecule has 2 aliphatic carbocycles. The summed E-state index contributed by atoms with van der Waals surface area (Å²) in [4.78, 5) is 19.5. The second-order valence-corrected chi connectivity index (χ2v) is 8.13. The minimum atomic E-state index is 0.0457. The van der Waals surface area contributed by atoms with Crippen LogP contribution in [-0.4, -0.2) is 36.6 Å². The molecule has 2 saturated carbocycles. The summed E-state index contributed by atoms with van der Waals surface area (Å²) < 4.78 is 0. The normalized spacial score (nSPS) is 32.7. The quantitative estimate of drug-likeness (QED) is 0.861. The van der Waals surface area contributed by atoms with Crippen LogP contribution < -0.4 is 16.0 Å². The highest BCUT2D eigenvalue weighted by Crippen LogP contribution is 2.47. The first kappa shape index (κ1) is 15.4. The molecule has 2 bridgehead atoms. The van der Waals surface area contributed by atoms with E-state index in [4.69, 9.17) is 10.7 Å². The van der Waals surface area contributed by atoms with E-state index in [9.17, 15) is 4.79 Å². The van der Waals surface area contributed by atoms with Crippen LogP contribution in [-0.2, 0) is 11.2 Å². The van der Waals surface area contributed by atoms with Crippen molar-refractivity contribution in [2.45, 2.75) is 44.6 Å². The molecule has 1 saturated heterocycles. The lowest BCUT2D eigenvalue weighted by atomic mass is 9.84. The van der Waals surface area contributed by atoms with E-state index in [0.717, 1.165) is 36.8 Å². The minimum Gasteiger partial charge on any atom is -0.355 e. The Bertz CT molecular complexity index is 567. The fraction of sp³-hybridized carbons (Fsp3) is 0.765. The molecule has 1 amide bonds. The van der Waals surface area contributed by atoms with Crippen LogP contribution in [0.5, 0.6) is 0 Å². The smallest absolute Gasteiger partial charge is 0.224 e. The summed E-state index contributed by atoms with van der Waals surface area (Å²) in [5.41, 5.74) is 7.34. The van der Waals surface area contributed by atoms with E-state index in [1.807, 2.05) is 0 Å². The van der Waals surface area contributed by atoms with Crippen molar-refractivity contribution in [2.75, 3.05) is 24.5 Å². The van der Waals surface area contributed by atoms with E-state index in [2.05, 4.69) is 15.6 Å². The summed E-state index contributed by atoms with van der Waals surface area (Å²) in [6.45, 7) is 2.93. The summed E-state index contributed by atoms with van der Waals surface area (Å²) in [6, 6.07) is 0.0785. The first-order valence-corrected chi connectivity index (χ1v) is 9.83. The van der Waals surface area contributed by atoms with Crippen LogP contribution >= 0.6 is 11.3 Å². The molecular formula is C17H26N4OS. The largest absolute Gasteiger partial charge is 0.355 e. The maximum atomic E-state index is 12.4. The van der Waals surface area contributed by atoms with E-state index < -0.39 is 0 Å². The van der Waals surface area contributed by atoms with E-state index in [1.165, 1.54) is 25.7 Å². The number of carbonyl (C=O) groups is 1. The van der Waals surface area contributed by atoms with Crippen LogP contribution in [0.1, 0.15) is 37.8 Å². The zero-order valence-electron chi connectivity index (χ0n) is 13.5. The van der Waals surface area contributed by atoms with Crippen molar-refractivity contribution < 1.29 is 4.79 Å². The Morgan fingerprint density at radius 3 is 2.87 bits per heavy atom. The molecule has 2 heterocycles. The Labute approximate surface area is 141 Å². The number of aromatic nitrogens is 1. The summed E-state index contributed by atoms with van der Waals surface area (Å²) >= 11 is 1.72. The minimum absolute atomic E-state index is 0.0457. The summed E-state index contributed by atoms with van der Waals surface area (Å²) in [7, 11) is 0. The number of nitrogens with one attached hydrogen (secondary N) is 1. The average Bonchev–Trinajstić information content (AvgIpc) is 3.31. The highest BCUT2D eigenvalue weighted by molar-refractivity contribution is 7.13. The van der Waals surface area contributed by atoms with E-state index in [1.54, 1.807) is 11.3 Å². The molecule has 4 rings (SSSR count). The molecule has 1 aromatic heterocycles. The van der Waals surface area contributed by atoms with Gasteiger partial charge in [0.05, 0.1) is 11.6 Å².